The minimum absolute atomic E-state index is 0.221. The zero-order valence-electron chi connectivity index (χ0n) is 16.0. The van der Waals surface area contributed by atoms with Crippen LogP contribution in [0, 0.1) is 5.92 Å². The molecule has 2 N–H and O–H groups in total. The molecule has 9 heteroatoms. The molecule has 1 aromatic heterocycles. The first-order chi connectivity index (χ1) is 13.9. The third-order valence-corrected chi connectivity index (χ3v) is 4.44. The molecule has 0 saturated carbocycles. The molecular formula is C20H21ClN6O2. The molecule has 150 valence electrons. The fourth-order valence-electron chi connectivity index (χ4n) is 2.75. The summed E-state index contributed by atoms with van der Waals surface area (Å²) in [7, 11) is 0. The van der Waals surface area contributed by atoms with E-state index in [1.165, 1.54) is 11.0 Å². The molecule has 0 spiro atoms. The predicted octanol–water partition coefficient (Wildman–Crippen LogP) is 3.10. The molecule has 8 nitrogen and oxygen atoms in total. The lowest BCUT2D eigenvalue weighted by Crippen LogP contribution is -2.44. The number of anilines is 1. The van der Waals surface area contributed by atoms with Gasteiger partial charge in [-0.2, -0.15) is 0 Å². The highest BCUT2D eigenvalue weighted by atomic mass is 35.5. The van der Waals surface area contributed by atoms with Crippen LogP contribution in [0.2, 0.25) is 5.02 Å². The minimum Gasteiger partial charge on any atom is -0.340 e. The number of halogens is 1. The van der Waals surface area contributed by atoms with Crippen molar-refractivity contribution in [2.75, 3.05) is 5.32 Å². The minimum atomic E-state index is -0.669. The fourth-order valence-corrected chi connectivity index (χ4v) is 2.88. The number of hydrogen-bond donors (Lipinski definition) is 2. The van der Waals surface area contributed by atoms with Gasteiger partial charge in [0.25, 0.3) is 5.91 Å². The first-order valence-electron chi connectivity index (χ1n) is 9.13. The first kappa shape index (κ1) is 20.5. The van der Waals surface area contributed by atoms with E-state index in [1.807, 2.05) is 13.8 Å². The number of amides is 2. The Bertz CT molecular complexity index is 956. The quantitative estimate of drug-likeness (QED) is 0.620. The van der Waals surface area contributed by atoms with Crippen molar-refractivity contribution in [2.45, 2.75) is 26.3 Å². The van der Waals surface area contributed by atoms with E-state index in [0.29, 0.717) is 22.7 Å². The lowest BCUT2D eigenvalue weighted by atomic mass is 10.0. The van der Waals surface area contributed by atoms with Crippen molar-refractivity contribution in [1.82, 2.24) is 25.5 Å². The summed E-state index contributed by atoms with van der Waals surface area (Å²) in [5, 5.41) is 17.2. The third-order valence-electron chi connectivity index (χ3n) is 4.18. The zero-order chi connectivity index (χ0) is 20.8. The average Bonchev–Trinajstić information content (AvgIpc) is 3.23. The van der Waals surface area contributed by atoms with E-state index in [9.17, 15) is 9.59 Å². The standard InChI is InChI=1S/C20H21ClN6O2/c1-13(2)11-18(24-19(28)14-3-5-15(21)6-4-14)20(29)23-16-7-9-17(10-8-16)27-12-22-25-26-27/h3-10,12-13,18H,11H2,1-2H3,(H,23,29)(H,24,28)/t18-/m0/s1. The second-order valence-electron chi connectivity index (χ2n) is 6.95. The summed E-state index contributed by atoms with van der Waals surface area (Å²) in [5.41, 5.74) is 1.82. The molecule has 0 saturated heterocycles. The molecule has 0 aliphatic rings. The Kier molecular flexibility index (Phi) is 6.56. The monoisotopic (exact) mass is 412 g/mol. The maximum Gasteiger partial charge on any atom is 0.251 e. The summed E-state index contributed by atoms with van der Waals surface area (Å²) in [6.07, 6.45) is 1.99. The second-order valence-corrected chi connectivity index (χ2v) is 7.39. The van der Waals surface area contributed by atoms with Gasteiger partial charge in [-0.25, -0.2) is 4.68 Å². The highest BCUT2D eigenvalue weighted by molar-refractivity contribution is 6.30. The predicted molar refractivity (Wildman–Crippen MR) is 110 cm³/mol. The van der Waals surface area contributed by atoms with E-state index in [2.05, 4.69) is 26.2 Å². The highest BCUT2D eigenvalue weighted by Crippen LogP contribution is 2.15. The first-order valence-corrected chi connectivity index (χ1v) is 9.51. The van der Waals surface area contributed by atoms with E-state index in [1.54, 1.807) is 48.5 Å². The van der Waals surface area contributed by atoms with Gasteiger partial charge in [-0.1, -0.05) is 25.4 Å². The molecule has 3 rings (SSSR count). The lowest BCUT2D eigenvalue weighted by Gasteiger charge is -2.20. The van der Waals surface area contributed by atoms with Gasteiger partial charge in [-0.3, -0.25) is 9.59 Å². The highest BCUT2D eigenvalue weighted by Gasteiger charge is 2.22. The van der Waals surface area contributed by atoms with Crippen molar-refractivity contribution in [3.8, 4) is 5.69 Å². The SMILES string of the molecule is CC(C)C[C@H](NC(=O)c1ccc(Cl)cc1)C(=O)Nc1ccc(-n2cnnn2)cc1. The topological polar surface area (TPSA) is 102 Å². The molecule has 0 unspecified atom stereocenters. The van der Waals surface area contributed by atoms with Gasteiger partial charge in [-0.05, 0) is 71.3 Å². The molecule has 2 amide bonds. The van der Waals surface area contributed by atoms with Crippen LogP contribution < -0.4 is 10.6 Å². The largest absolute Gasteiger partial charge is 0.340 e. The number of nitrogens with zero attached hydrogens (tertiary/aromatic N) is 4. The van der Waals surface area contributed by atoms with Gasteiger partial charge in [0.15, 0.2) is 0 Å². The number of benzene rings is 2. The van der Waals surface area contributed by atoms with Gasteiger partial charge >= 0.3 is 0 Å². The van der Waals surface area contributed by atoms with Crippen molar-refractivity contribution >= 4 is 29.1 Å². The van der Waals surface area contributed by atoms with Crippen molar-refractivity contribution in [2.24, 2.45) is 5.92 Å². The number of carbonyl (C=O) groups excluding carboxylic acids is 2. The normalized spacial score (nSPS) is 11.9. The van der Waals surface area contributed by atoms with Crippen LogP contribution in [0.25, 0.3) is 5.69 Å². The van der Waals surface area contributed by atoms with Gasteiger partial charge in [0, 0.05) is 16.3 Å². The Morgan fingerprint density at radius 2 is 1.76 bits per heavy atom. The summed E-state index contributed by atoms with van der Waals surface area (Å²) in [5.74, 6) is -0.383. The molecule has 2 aromatic carbocycles. The van der Waals surface area contributed by atoms with Crippen LogP contribution in [0.15, 0.2) is 54.9 Å². The Labute approximate surface area is 173 Å². The number of carbonyl (C=O) groups is 2. The molecular weight excluding hydrogens is 392 g/mol. The molecule has 0 radical (unpaired) electrons. The molecule has 0 aliphatic heterocycles. The van der Waals surface area contributed by atoms with Crippen molar-refractivity contribution in [3.63, 3.8) is 0 Å². The molecule has 0 bridgehead atoms. The molecule has 1 heterocycles. The third kappa shape index (κ3) is 5.61. The summed E-state index contributed by atoms with van der Waals surface area (Å²) >= 11 is 5.87. The molecule has 0 fully saturated rings. The van der Waals surface area contributed by atoms with Gasteiger partial charge in [0.05, 0.1) is 5.69 Å². The molecule has 29 heavy (non-hydrogen) atoms. The summed E-state index contributed by atoms with van der Waals surface area (Å²) < 4.78 is 1.51. The van der Waals surface area contributed by atoms with Crippen LogP contribution in [0.3, 0.4) is 0 Å². The number of tetrazole rings is 1. The number of aromatic nitrogens is 4. The van der Waals surface area contributed by atoms with Crippen molar-refractivity contribution < 1.29 is 9.59 Å². The van der Waals surface area contributed by atoms with E-state index >= 15 is 0 Å². The van der Waals surface area contributed by atoms with Gasteiger partial charge in [-0.15, -0.1) is 5.10 Å². The number of rotatable bonds is 7. The fraction of sp³-hybridized carbons (Fsp3) is 0.250. The Morgan fingerprint density at radius 1 is 1.07 bits per heavy atom. The molecule has 3 aromatic rings. The number of hydrogen-bond acceptors (Lipinski definition) is 5. The van der Waals surface area contributed by atoms with E-state index < -0.39 is 6.04 Å². The maximum atomic E-state index is 12.8. The van der Waals surface area contributed by atoms with E-state index in [0.717, 1.165) is 5.69 Å². The zero-order valence-corrected chi connectivity index (χ0v) is 16.8. The van der Waals surface area contributed by atoms with E-state index in [4.69, 9.17) is 11.6 Å². The lowest BCUT2D eigenvalue weighted by molar-refractivity contribution is -0.118. The van der Waals surface area contributed by atoms with Crippen LogP contribution in [0.4, 0.5) is 5.69 Å². The smallest absolute Gasteiger partial charge is 0.251 e. The van der Waals surface area contributed by atoms with E-state index in [-0.39, 0.29) is 17.7 Å². The maximum absolute atomic E-state index is 12.8. The molecule has 0 aliphatic carbocycles. The Hall–Kier alpha value is -3.26. The summed E-state index contributed by atoms with van der Waals surface area (Å²) in [4.78, 5) is 25.3. The van der Waals surface area contributed by atoms with Crippen LogP contribution >= 0.6 is 11.6 Å². The van der Waals surface area contributed by atoms with Gasteiger partial charge in [0.1, 0.15) is 12.4 Å². The van der Waals surface area contributed by atoms with Crippen LogP contribution in [0.1, 0.15) is 30.6 Å². The number of nitrogens with one attached hydrogen (secondary N) is 2. The van der Waals surface area contributed by atoms with Crippen LogP contribution in [0.5, 0.6) is 0 Å². The van der Waals surface area contributed by atoms with Crippen molar-refractivity contribution in [1.29, 1.82) is 0 Å². The van der Waals surface area contributed by atoms with Crippen LogP contribution in [-0.2, 0) is 4.79 Å². The summed E-state index contributed by atoms with van der Waals surface area (Å²) in [6.45, 7) is 3.99. The van der Waals surface area contributed by atoms with Crippen molar-refractivity contribution in [3.05, 3.63) is 65.4 Å². The Balaban J connectivity index is 1.68. The van der Waals surface area contributed by atoms with Crippen LogP contribution in [-0.4, -0.2) is 38.1 Å². The van der Waals surface area contributed by atoms with Gasteiger partial charge < -0.3 is 10.6 Å². The second kappa shape index (κ2) is 9.29. The van der Waals surface area contributed by atoms with Gasteiger partial charge in [0.2, 0.25) is 5.91 Å². The summed E-state index contributed by atoms with van der Waals surface area (Å²) in [6, 6.07) is 12.9. The molecule has 1 atom stereocenters. The Morgan fingerprint density at radius 3 is 2.34 bits per heavy atom. The average molecular weight is 413 g/mol.